The number of hydrogen-bond acceptors (Lipinski definition) is 3. The average Bonchev–Trinajstić information content (AvgIpc) is 2.20. The zero-order chi connectivity index (χ0) is 10.2. The monoisotopic (exact) mass is 191 g/mol. The fraction of sp³-hybridized carbons (Fsp3) is 0.400. The van der Waals surface area contributed by atoms with Gasteiger partial charge in [0, 0.05) is 25.4 Å². The minimum atomic E-state index is -0.190. The Hall–Kier alpha value is -1.76. The van der Waals surface area contributed by atoms with Crippen molar-refractivity contribution in [1.29, 1.82) is 0 Å². The summed E-state index contributed by atoms with van der Waals surface area (Å²) >= 11 is 0. The first-order valence-electron chi connectivity index (χ1n) is 4.55. The molecule has 0 radical (unpaired) electrons. The summed E-state index contributed by atoms with van der Waals surface area (Å²) in [5, 5.41) is 2.95. The van der Waals surface area contributed by atoms with Gasteiger partial charge in [0.15, 0.2) is 5.82 Å². The van der Waals surface area contributed by atoms with Crippen LogP contribution in [0.2, 0.25) is 0 Å². The van der Waals surface area contributed by atoms with E-state index in [0.29, 0.717) is 5.82 Å². The molecule has 0 atom stereocenters. The van der Waals surface area contributed by atoms with Gasteiger partial charge in [0.25, 0.3) is 5.56 Å². The first-order valence-corrected chi connectivity index (χ1v) is 4.55. The van der Waals surface area contributed by atoms with E-state index >= 15 is 0 Å². The van der Waals surface area contributed by atoms with Crippen LogP contribution in [-0.2, 0) is 0 Å². The van der Waals surface area contributed by atoms with Gasteiger partial charge in [-0.25, -0.2) is 4.98 Å². The van der Waals surface area contributed by atoms with Crippen molar-refractivity contribution in [3.63, 3.8) is 0 Å². The fourth-order valence-electron chi connectivity index (χ4n) is 1.04. The SMILES string of the molecule is C#CCCCCNc1ncc[nH]c1=O. The van der Waals surface area contributed by atoms with Gasteiger partial charge in [-0.1, -0.05) is 0 Å². The van der Waals surface area contributed by atoms with E-state index in [9.17, 15) is 4.79 Å². The number of anilines is 1. The zero-order valence-corrected chi connectivity index (χ0v) is 7.92. The second-order valence-corrected chi connectivity index (χ2v) is 2.85. The van der Waals surface area contributed by atoms with Crippen LogP contribution in [0.15, 0.2) is 17.2 Å². The smallest absolute Gasteiger partial charge is 0.290 e. The Balaban J connectivity index is 2.29. The van der Waals surface area contributed by atoms with E-state index in [1.54, 1.807) is 6.20 Å². The molecule has 0 spiro atoms. The number of nitrogens with one attached hydrogen (secondary N) is 2. The van der Waals surface area contributed by atoms with Gasteiger partial charge < -0.3 is 10.3 Å². The second-order valence-electron chi connectivity index (χ2n) is 2.85. The molecule has 0 saturated heterocycles. The Morgan fingerprint density at radius 2 is 2.43 bits per heavy atom. The van der Waals surface area contributed by atoms with Crippen LogP contribution in [0.25, 0.3) is 0 Å². The largest absolute Gasteiger partial charge is 0.365 e. The van der Waals surface area contributed by atoms with Gasteiger partial charge in [-0.3, -0.25) is 4.79 Å². The Labute approximate surface area is 82.8 Å². The molecule has 0 amide bonds. The third kappa shape index (κ3) is 3.31. The molecule has 0 aromatic carbocycles. The van der Waals surface area contributed by atoms with Crippen LogP contribution in [-0.4, -0.2) is 16.5 Å². The van der Waals surface area contributed by atoms with Crippen molar-refractivity contribution >= 4 is 5.82 Å². The quantitative estimate of drug-likeness (QED) is 0.539. The molecule has 4 heteroatoms. The van der Waals surface area contributed by atoms with Crippen LogP contribution in [0.1, 0.15) is 19.3 Å². The highest BCUT2D eigenvalue weighted by Crippen LogP contribution is 1.95. The van der Waals surface area contributed by atoms with E-state index in [1.165, 1.54) is 6.20 Å². The van der Waals surface area contributed by atoms with Gasteiger partial charge in [-0.2, -0.15) is 0 Å². The first kappa shape index (κ1) is 10.3. The van der Waals surface area contributed by atoms with Gasteiger partial charge in [0.05, 0.1) is 0 Å². The van der Waals surface area contributed by atoms with Gasteiger partial charge >= 0.3 is 0 Å². The van der Waals surface area contributed by atoms with Crippen molar-refractivity contribution in [2.75, 3.05) is 11.9 Å². The summed E-state index contributed by atoms with van der Waals surface area (Å²) in [6, 6.07) is 0. The Bertz CT molecular complexity index is 364. The van der Waals surface area contributed by atoms with Crippen molar-refractivity contribution in [2.24, 2.45) is 0 Å². The summed E-state index contributed by atoms with van der Waals surface area (Å²) in [6.45, 7) is 0.724. The third-order valence-corrected chi connectivity index (χ3v) is 1.75. The van der Waals surface area contributed by atoms with E-state index in [-0.39, 0.29) is 5.56 Å². The number of aromatic amines is 1. The van der Waals surface area contributed by atoms with Crippen molar-refractivity contribution in [2.45, 2.75) is 19.3 Å². The van der Waals surface area contributed by atoms with Crippen molar-refractivity contribution in [1.82, 2.24) is 9.97 Å². The molecule has 1 heterocycles. The molecule has 0 saturated carbocycles. The molecule has 0 fully saturated rings. The molecule has 1 aromatic heterocycles. The van der Waals surface area contributed by atoms with Crippen LogP contribution in [0.5, 0.6) is 0 Å². The number of terminal acetylenes is 1. The minimum absolute atomic E-state index is 0.190. The lowest BCUT2D eigenvalue weighted by Gasteiger charge is -2.02. The molecular weight excluding hydrogens is 178 g/mol. The molecule has 0 aliphatic rings. The third-order valence-electron chi connectivity index (χ3n) is 1.75. The van der Waals surface area contributed by atoms with Gasteiger partial charge in [-0.15, -0.1) is 12.3 Å². The molecule has 14 heavy (non-hydrogen) atoms. The molecule has 0 aliphatic heterocycles. The molecule has 74 valence electrons. The number of nitrogens with zero attached hydrogens (tertiary/aromatic N) is 1. The Kier molecular flexibility index (Phi) is 4.29. The van der Waals surface area contributed by atoms with Crippen molar-refractivity contribution in [3.8, 4) is 12.3 Å². The lowest BCUT2D eigenvalue weighted by atomic mass is 10.2. The predicted octanol–water partition coefficient (Wildman–Crippen LogP) is 0.985. The maximum atomic E-state index is 11.1. The molecule has 1 aromatic rings. The van der Waals surface area contributed by atoms with E-state index in [0.717, 1.165) is 25.8 Å². The lowest BCUT2D eigenvalue weighted by molar-refractivity contribution is 0.786. The summed E-state index contributed by atoms with van der Waals surface area (Å²) in [6.07, 6.45) is 10.9. The molecule has 0 aliphatic carbocycles. The number of hydrogen-bond donors (Lipinski definition) is 2. The summed E-state index contributed by atoms with van der Waals surface area (Å²) in [4.78, 5) is 17.6. The summed E-state index contributed by atoms with van der Waals surface area (Å²) in [5.41, 5.74) is -0.190. The van der Waals surface area contributed by atoms with Gasteiger partial charge in [-0.05, 0) is 12.8 Å². The van der Waals surface area contributed by atoms with Gasteiger partial charge in [0.2, 0.25) is 0 Å². The van der Waals surface area contributed by atoms with Crippen LogP contribution in [0.4, 0.5) is 5.82 Å². The van der Waals surface area contributed by atoms with Crippen LogP contribution >= 0.6 is 0 Å². The Morgan fingerprint density at radius 3 is 3.14 bits per heavy atom. The summed E-state index contributed by atoms with van der Waals surface area (Å²) in [7, 11) is 0. The van der Waals surface area contributed by atoms with Crippen LogP contribution < -0.4 is 10.9 Å². The molecule has 0 unspecified atom stereocenters. The molecule has 1 rings (SSSR count). The highest BCUT2D eigenvalue weighted by molar-refractivity contribution is 5.29. The molecular formula is C10H13N3O. The summed E-state index contributed by atoms with van der Waals surface area (Å²) in [5.74, 6) is 2.94. The normalized spacial score (nSPS) is 9.36. The lowest BCUT2D eigenvalue weighted by Crippen LogP contribution is -2.15. The molecule has 0 bridgehead atoms. The second kappa shape index (κ2) is 5.81. The van der Waals surface area contributed by atoms with Crippen molar-refractivity contribution in [3.05, 3.63) is 22.7 Å². The van der Waals surface area contributed by atoms with Crippen LogP contribution in [0, 0.1) is 12.3 Å². The first-order chi connectivity index (χ1) is 6.84. The maximum absolute atomic E-state index is 11.1. The number of H-pyrrole nitrogens is 1. The molecule has 4 nitrogen and oxygen atoms in total. The molecule has 2 N–H and O–H groups in total. The number of rotatable bonds is 5. The Morgan fingerprint density at radius 1 is 1.57 bits per heavy atom. The van der Waals surface area contributed by atoms with Gasteiger partial charge in [0.1, 0.15) is 0 Å². The fourth-order valence-corrected chi connectivity index (χ4v) is 1.04. The van der Waals surface area contributed by atoms with E-state index < -0.39 is 0 Å². The van der Waals surface area contributed by atoms with Crippen molar-refractivity contribution < 1.29 is 0 Å². The minimum Gasteiger partial charge on any atom is -0.365 e. The zero-order valence-electron chi connectivity index (χ0n) is 7.92. The average molecular weight is 191 g/mol. The maximum Gasteiger partial charge on any atom is 0.290 e. The highest BCUT2D eigenvalue weighted by atomic mass is 16.1. The van der Waals surface area contributed by atoms with Crippen LogP contribution in [0.3, 0.4) is 0 Å². The highest BCUT2D eigenvalue weighted by Gasteiger charge is 1.96. The van der Waals surface area contributed by atoms with E-state index in [2.05, 4.69) is 21.2 Å². The predicted molar refractivity (Wildman–Crippen MR) is 56.0 cm³/mol. The topological polar surface area (TPSA) is 57.8 Å². The van der Waals surface area contributed by atoms with E-state index in [4.69, 9.17) is 6.42 Å². The van der Waals surface area contributed by atoms with E-state index in [1.807, 2.05) is 0 Å². The number of aromatic nitrogens is 2. The number of unbranched alkanes of at least 4 members (excludes halogenated alkanes) is 2. The summed E-state index contributed by atoms with van der Waals surface area (Å²) < 4.78 is 0. The standard InChI is InChI=1S/C10H13N3O/c1-2-3-4-5-6-11-9-10(14)13-8-7-12-9/h1,7-8H,3-6H2,(H,11,12)(H,13,14).